The molecule has 1 saturated heterocycles. The van der Waals surface area contributed by atoms with Gasteiger partial charge in [0.25, 0.3) is 5.56 Å². The first-order chi connectivity index (χ1) is 17.4. The second-order valence-electron chi connectivity index (χ2n) is 10.6. The third-order valence-corrected chi connectivity index (χ3v) is 8.03. The van der Waals surface area contributed by atoms with Crippen LogP contribution >= 0.6 is 0 Å². The maximum Gasteiger partial charge on any atom is 0.277 e. The van der Waals surface area contributed by atoms with E-state index in [2.05, 4.69) is 49.3 Å². The number of hydrogen-bond acceptors (Lipinski definition) is 4. The number of likely N-dealkylation sites (tertiary alicyclic amines) is 1. The van der Waals surface area contributed by atoms with Gasteiger partial charge in [-0.05, 0) is 43.7 Å². The zero-order chi connectivity index (χ0) is 25.3. The van der Waals surface area contributed by atoms with Crippen molar-refractivity contribution in [3.63, 3.8) is 0 Å². The summed E-state index contributed by atoms with van der Waals surface area (Å²) >= 11 is 0. The van der Waals surface area contributed by atoms with E-state index >= 15 is 0 Å². The summed E-state index contributed by atoms with van der Waals surface area (Å²) in [7, 11) is 4.00. The van der Waals surface area contributed by atoms with Gasteiger partial charge in [-0.1, -0.05) is 37.3 Å². The second kappa shape index (κ2) is 10.1. The quantitative estimate of drug-likeness (QED) is 0.345. The van der Waals surface area contributed by atoms with E-state index < -0.39 is 0 Å². The van der Waals surface area contributed by atoms with Crippen LogP contribution in [-0.4, -0.2) is 57.2 Å². The van der Waals surface area contributed by atoms with Crippen LogP contribution in [0.1, 0.15) is 43.3 Å². The second-order valence-corrected chi connectivity index (χ2v) is 10.6. The molecule has 7 nitrogen and oxygen atoms in total. The number of quaternary nitrogens is 1. The highest BCUT2D eigenvalue weighted by atomic mass is 16.5. The van der Waals surface area contributed by atoms with E-state index in [-0.39, 0.29) is 5.56 Å². The highest BCUT2D eigenvalue weighted by molar-refractivity contribution is 5.77. The lowest BCUT2D eigenvalue weighted by Crippen LogP contribution is -2.50. The van der Waals surface area contributed by atoms with Gasteiger partial charge in [0, 0.05) is 25.5 Å². The molecule has 0 atom stereocenters. The minimum atomic E-state index is 0.0170. The number of benzene rings is 1. The molecule has 1 fully saturated rings. The fourth-order valence-corrected chi connectivity index (χ4v) is 5.91. The first-order valence-electron chi connectivity index (χ1n) is 13.3. The maximum atomic E-state index is 13.7. The molecule has 3 aromatic heterocycles. The van der Waals surface area contributed by atoms with Crippen molar-refractivity contribution in [3.8, 4) is 5.88 Å². The van der Waals surface area contributed by atoms with Gasteiger partial charge in [-0.25, -0.2) is 4.98 Å². The van der Waals surface area contributed by atoms with Gasteiger partial charge in [-0.2, -0.15) is 4.98 Å². The van der Waals surface area contributed by atoms with Gasteiger partial charge < -0.3 is 13.8 Å². The number of hydrogen-bond donors (Lipinski definition) is 0. The minimum Gasteiger partial charge on any atom is -0.481 e. The normalized spacial score (nSPS) is 20.3. The van der Waals surface area contributed by atoms with E-state index in [1.165, 1.54) is 37.9 Å². The Bertz CT molecular complexity index is 1410. The van der Waals surface area contributed by atoms with Crippen molar-refractivity contribution >= 4 is 16.7 Å². The molecule has 1 aliphatic rings. The van der Waals surface area contributed by atoms with Crippen molar-refractivity contribution in [1.82, 2.24) is 18.9 Å². The zero-order valence-electron chi connectivity index (χ0n) is 22.0. The Balaban J connectivity index is 1.34. The van der Waals surface area contributed by atoms with Crippen molar-refractivity contribution in [1.29, 1.82) is 0 Å². The Hall–Kier alpha value is -3.19. The summed E-state index contributed by atoms with van der Waals surface area (Å²) in [5, 5.41) is 0. The summed E-state index contributed by atoms with van der Waals surface area (Å²) < 4.78 is 10.3. The number of rotatable bonds is 8. The summed E-state index contributed by atoms with van der Waals surface area (Å²) in [6.07, 6.45) is 5.39. The largest absolute Gasteiger partial charge is 0.481 e. The van der Waals surface area contributed by atoms with E-state index in [9.17, 15) is 4.79 Å². The van der Waals surface area contributed by atoms with Crippen LogP contribution in [0.25, 0.3) is 16.7 Å². The van der Waals surface area contributed by atoms with Crippen molar-refractivity contribution < 1.29 is 9.22 Å². The van der Waals surface area contributed by atoms with Gasteiger partial charge in [-0.3, -0.25) is 9.20 Å². The van der Waals surface area contributed by atoms with Crippen LogP contribution < -0.4 is 10.3 Å². The van der Waals surface area contributed by atoms with Gasteiger partial charge in [0.1, 0.15) is 11.3 Å². The molecule has 190 valence electrons. The summed E-state index contributed by atoms with van der Waals surface area (Å²) in [5.41, 5.74) is 4.43. The number of imidazole rings is 1. The monoisotopic (exact) mass is 488 g/mol. The lowest BCUT2D eigenvalue weighted by atomic mass is 9.89. The predicted molar refractivity (Wildman–Crippen MR) is 144 cm³/mol. The SMILES string of the molecule is CCc1nc(C)c2c(=O)n(CCC[N+]3(C)CCC(Cc4ccccc4)CC3)c3ccc(OC)nc3n12. The van der Waals surface area contributed by atoms with Crippen molar-refractivity contribution in [2.24, 2.45) is 5.92 Å². The number of pyridine rings is 1. The predicted octanol–water partition coefficient (Wildman–Crippen LogP) is 4.41. The molecule has 0 aliphatic carbocycles. The first-order valence-corrected chi connectivity index (χ1v) is 13.3. The van der Waals surface area contributed by atoms with Gasteiger partial charge in [0.15, 0.2) is 5.65 Å². The Morgan fingerprint density at radius 3 is 2.53 bits per heavy atom. The fraction of sp³-hybridized carbons (Fsp3) is 0.483. The molecule has 0 radical (unpaired) electrons. The third kappa shape index (κ3) is 4.64. The van der Waals surface area contributed by atoms with Gasteiger partial charge in [0.2, 0.25) is 5.88 Å². The van der Waals surface area contributed by atoms with Crippen molar-refractivity contribution in [3.05, 3.63) is 69.9 Å². The summed E-state index contributed by atoms with van der Waals surface area (Å²) in [6, 6.07) is 14.7. The fourth-order valence-electron chi connectivity index (χ4n) is 5.91. The number of aryl methyl sites for hydroxylation is 3. The Morgan fingerprint density at radius 2 is 1.83 bits per heavy atom. The molecule has 7 heteroatoms. The van der Waals surface area contributed by atoms with Crippen LogP contribution in [0.15, 0.2) is 47.3 Å². The highest BCUT2D eigenvalue weighted by Crippen LogP contribution is 2.26. The van der Waals surface area contributed by atoms with E-state index in [4.69, 9.17) is 9.72 Å². The molecule has 1 aromatic carbocycles. The average Bonchev–Trinajstić information content (AvgIpc) is 3.24. The van der Waals surface area contributed by atoms with Crippen LogP contribution in [0.4, 0.5) is 0 Å². The molecular formula is C29H38N5O2+. The van der Waals surface area contributed by atoms with Gasteiger partial charge >= 0.3 is 0 Å². The number of fused-ring (bicyclic) bond motifs is 3. The van der Waals surface area contributed by atoms with Crippen molar-refractivity contribution in [2.75, 3.05) is 33.8 Å². The van der Waals surface area contributed by atoms with Crippen molar-refractivity contribution in [2.45, 2.75) is 52.5 Å². The topological polar surface area (TPSA) is 61.4 Å². The summed E-state index contributed by atoms with van der Waals surface area (Å²) in [5.74, 6) is 2.17. The van der Waals surface area contributed by atoms with E-state index in [1.54, 1.807) is 7.11 Å². The van der Waals surface area contributed by atoms with E-state index in [1.807, 2.05) is 28.0 Å². The maximum absolute atomic E-state index is 13.7. The summed E-state index contributed by atoms with van der Waals surface area (Å²) in [4.78, 5) is 23.1. The lowest BCUT2D eigenvalue weighted by Gasteiger charge is -2.41. The molecule has 4 aromatic rings. The smallest absolute Gasteiger partial charge is 0.277 e. The van der Waals surface area contributed by atoms with Crippen LogP contribution in [-0.2, 0) is 19.4 Å². The van der Waals surface area contributed by atoms with E-state index in [0.29, 0.717) is 17.9 Å². The average molecular weight is 489 g/mol. The summed E-state index contributed by atoms with van der Waals surface area (Å²) in [6.45, 7) is 8.11. The molecule has 36 heavy (non-hydrogen) atoms. The molecule has 4 heterocycles. The minimum absolute atomic E-state index is 0.0170. The zero-order valence-corrected chi connectivity index (χ0v) is 22.0. The molecule has 0 unspecified atom stereocenters. The number of methoxy groups -OCH3 is 1. The highest BCUT2D eigenvalue weighted by Gasteiger charge is 2.30. The van der Waals surface area contributed by atoms with Crippen LogP contribution in [0.2, 0.25) is 0 Å². The molecule has 0 spiro atoms. The number of piperidine rings is 1. The van der Waals surface area contributed by atoms with Gasteiger partial charge in [0.05, 0.1) is 45.0 Å². The van der Waals surface area contributed by atoms with Crippen LogP contribution in [0.5, 0.6) is 5.88 Å². The molecule has 5 rings (SSSR count). The molecular weight excluding hydrogens is 450 g/mol. The molecule has 1 aliphatic heterocycles. The number of aromatic nitrogens is 4. The van der Waals surface area contributed by atoms with E-state index in [0.717, 1.165) is 52.5 Å². The lowest BCUT2D eigenvalue weighted by molar-refractivity contribution is -0.915. The first kappa shape index (κ1) is 24.5. The number of ether oxygens (including phenoxy) is 1. The third-order valence-electron chi connectivity index (χ3n) is 8.03. The molecule has 0 amide bonds. The standard InChI is InChI=1S/C29H38N5O2/c1-5-25-30-21(2)27-29(35)32(24-12-13-26(36-4)31-28(24)33(25)27)16-9-17-34(3)18-14-23(15-19-34)20-22-10-7-6-8-11-22/h6-8,10-13,23H,5,9,14-20H2,1-4H3/q+1. The Morgan fingerprint density at radius 1 is 1.08 bits per heavy atom. The van der Waals surface area contributed by atoms with Crippen LogP contribution in [0.3, 0.4) is 0 Å². The van der Waals surface area contributed by atoms with Gasteiger partial charge in [-0.15, -0.1) is 0 Å². The molecule has 0 bridgehead atoms. The molecule has 0 saturated carbocycles. The number of nitrogens with zero attached hydrogens (tertiary/aromatic N) is 5. The Kier molecular flexibility index (Phi) is 6.84. The Labute approximate surface area is 213 Å². The van der Waals surface area contributed by atoms with Crippen LogP contribution in [0, 0.1) is 12.8 Å². The molecule has 0 N–H and O–H groups in total.